The third-order valence-corrected chi connectivity index (χ3v) is 5.80. The highest BCUT2D eigenvalue weighted by molar-refractivity contribution is 5.86. The van der Waals surface area contributed by atoms with Gasteiger partial charge in [0.15, 0.2) is 0 Å². The number of aromatic nitrogens is 2. The largest absolute Gasteiger partial charge is 0.477 e. The van der Waals surface area contributed by atoms with E-state index >= 15 is 0 Å². The second-order valence-electron chi connectivity index (χ2n) is 8.80. The topological polar surface area (TPSA) is 66.0 Å². The van der Waals surface area contributed by atoms with E-state index < -0.39 is 5.97 Å². The number of aromatic carboxylic acids is 1. The van der Waals surface area contributed by atoms with Crippen LogP contribution in [0.4, 0.5) is 0 Å². The number of imidazole rings is 1. The van der Waals surface area contributed by atoms with Crippen LogP contribution in [0.3, 0.4) is 0 Å². The zero-order chi connectivity index (χ0) is 19.3. The van der Waals surface area contributed by atoms with E-state index in [1.807, 2.05) is 6.08 Å². The Morgan fingerprint density at radius 1 is 1.15 bits per heavy atom. The van der Waals surface area contributed by atoms with Crippen molar-refractivity contribution in [2.24, 2.45) is 0 Å². The standard InChI is InChI=1S/C22H28N2O2/c1-13-9-16-17(22(5,6)8-7-21(16,3)4)11-15(13)14(2)10-19-23-12-18(24-19)20(25)26/h9-12H,7-8H2,1-6H3,(H,23,24)(H,25,26)/b14-10+. The van der Waals surface area contributed by atoms with Crippen LogP contribution < -0.4 is 0 Å². The van der Waals surface area contributed by atoms with E-state index in [1.165, 1.54) is 41.3 Å². The van der Waals surface area contributed by atoms with Gasteiger partial charge >= 0.3 is 5.97 Å². The lowest BCUT2D eigenvalue weighted by Crippen LogP contribution is -2.34. The number of rotatable bonds is 3. The van der Waals surface area contributed by atoms with Crippen LogP contribution in [0, 0.1) is 6.92 Å². The Bertz CT molecular complexity index is 901. The number of H-pyrrole nitrogens is 1. The van der Waals surface area contributed by atoms with Gasteiger partial charge in [-0.2, -0.15) is 0 Å². The molecule has 0 saturated heterocycles. The first-order valence-corrected chi connectivity index (χ1v) is 9.14. The van der Waals surface area contributed by atoms with Crippen molar-refractivity contribution in [3.8, 4) is 0 Å². The summed E-state index contributed by atoms with van der Waals surface area (Å²) in [5, 5.41) is 9.04. The molecule has 0 unspecified atom stereocenters. The minimum absolute atomic E-state index is 0.106. The third kappa shape index (κ3) is 3.20. The first-order valence-electron chi connectivity index (χ1n) is 9.14. The maximum atomic E-state index is 11.0. The summed E-state index contributed by atoms with van der Waals surface area (Å²) in [6.07, 6.45) is 5.65. The Balaban J connectivity index is 2.08. The predicted molar refractivity (Wildman–Crippen MR) is 106 cm³/mol. The maximum Gasteiger partial charge on any atom is 0.353 e. The van der Waals surface area contributed by atoms with E-state index in [0.29, 0.717) is 5.82 Å². The van der Waals surface area contributed by atoms with Gasteiger partial charge in [-0.1, -0.05) is 39.8 Å². The number of carbonyl (C=O) groups is 1. The molecular weight excluding hydrogens is 324 g/mol. The average molecular weight is 352 g/mol. The molecule has 0 fully saturated rings. The normalized spacial score (nSPS) is 18.5. The molecule has 4 nitrogen and oxygen atoms in total. The monoisotopic (exact) mass is 352 g/mol. The number of nitrogens with zero attached hydrogens (tertiary/aromatic N) is 1. The van der Waals surface area contributed by atoms with Gasteiger partial charge in [0.2, 0.25) is 0 Å². The van der Waals surface area contributed by atoms with E-state index in [4.69, 9.17) is 5.11 Å². The highest BCUT2D eigenvalue weighted by atomic mass is 16.4. The molecule has 0 bridgehead atoms. The quantitative estimate of drug-likeness (QED) is 0.785. The predicted octanol–water partition coefficient (Wildman–Crippen LogP) is 5.33. The summed E-state index contributed by atoms with van der Waals surface area (Å²) in [6, 6.07) is 4.67. The minimum atomic E-state index is -0.997. The summed E-state index contributed by atoms with van der Waals surface area (Å²) in [5.41, 5.74) is 6.86. The van der Waals surface area contributed by atoms with Gasteiger partial charge in [0.1, 0.15) is 11.5 Å². The molecule has 0 atom stereocenters. The lowest BCUT2D eigenvalue weighted by Gasteiger charge is -2.42. The van der Waals surface area contributed by atoms with E-state index in [1.54, 1.807) is 0 Å². The highest BCUT2D eigenvalue weighted by Crippen LogP contribution is 2.47. The summed E-state index contributed by atoms with van der Waals surface area (Å²) in [6.45, 7) is 13.5. The SMILES string of the molecule is C/C(=C\c1ncc(C(=O)O)[nH]1)c1cc2c(cc1C)C(C)(C)CCC2(C)C. The maximum absolute atomic E-state index is 11.0. The molecule has 3 rings (SSSR count). The van der Waals surface area contributed by atoms with Crippen LogP contribution in [0.15, 0.2) is 18.3 Å². The van der Waals surface area contributed by atoms with Crippen molar-refractivity contribution in [3.05, 3.63) is 52.1 Å². The van der Waals surface area contributed by atoms with E-state index in [9.17, 15) is 4.79 Å². The Hall–Kier alpha value is -2.36. The number of allylic oxidation sites excluding steroid dienone is 1. The van der Waals surface area contributed by atoms with Crippen LogP contribution in [0.25, 0.3) is 11.6 Å². The number of nitrogens with one attached hydrogen (secondary N) is 1. The number of carboxylic acid groups (broad SMARTS) is 1. The number of carboxylic acids is 1. The highest BCUT2D eigenvalue weighted by Gasteiger charge is 2.37. The summed E-state index contributed by atoms with van der Waals surface area (Å²) in [7, 11) is 0. The lowest BCUT2D eigenvalue weighted by molar-refractivity contribution is 0.0691. The van der Waals surface area contributed by atoms with Crippen LogP contribution in [0.5, 0.6) is 0 Å². The molecule has 4 heteroatoms. The molecule has 0 saturated carbocycles. The second-order valence-corrected chi connectivity index (χ2v) is 8.80. The second kappa shape index (κ2) is 6.11. The van der Waals surface area contributed by atoms with Gasteiger partial charge in [0, 0.05) is 0 Å². The molecule has 1 aromatic carbocycles. The molecule has 0 spiro atoms. The molecule has 2 aromatic rings. The fraction of sp³-hybridized carbons (Fsp3) is 0.455. The third-order valence-electron chi connectivity index (χ3n) is 5.80. The van der Waals surface area contributed by atoms with E-state index in [-0.39, 0.29) is 16.5 Å². The number of aromatic amines is 1. The first kappa shape index (κ1) is 18.4. The summed E-state index contributed by atoms with van der Waals surface area (Å²) in [4.78, 5) is 18.0. The zero-order valence-corrected chi connectivity index (χ0v) is 16.5. The lowest BCUT2D eigenvalue weighted by atomic mass is 9.62. The molecule has 26 heavy (non-hydrogen) atoms. The van der Waals surface area contributed by atoms with Crippen molar-refractivity contribution in [2.45, 2.75) is 65.2 Å². The van der Waals surface area contributed by atoms with Crippen molar-refractivity contribution in [3.63, 3.8) is 0 Å². The zero-order valence-electron chi connectivity index (χ0n) is 16.5. The first-order chi connectivity index (χ1) is 12.0. The van der Waals surface area contributed by atoms with Gasteiger partial charge < -0.3 is 10.1 Å². The molecule has 0 amide bonds. The average Bonchev–Trinajstić information content (AvgIpc) is 3.00. The molecule has 0 radical (unpaired) electrons. The van der Waals surface area contributed by atoms with Crippen LogP contribution in [-0.2, 0) is 10.8 Å². The van der Waals surface area contributed by atoms with Crippen LogP contribution in [0.1, 0.15) is 86.0 Å². The number of benzene rings is 1. The van der Waals surface area contributed by atoms with Gasteiger partial charge in [-0.25, -0.2) is 9.78 Å². The Kier molecular flexibility index (Phi) is 4.33. The molecule has 2 N–H and O–H groups in total. The molecule has 138 valence electrons. The molecule has 1 aromatic heterocycles. The van der Waals surface area contributed by atoms with Gasteiger partial charge in [-0.15, -0.1) is 0 Å². The van der Waals surface area contributed by atoms with Crippen LogP contribution >= 0.6 is 0 Å². The fourth-order valence-electron chi connectivity index (χ4n) is 3.95. The molecule has 1 aliphatic rings. The Morgan fingerprint density at radius 3 is 2.27 bits per heavy atom. The summed E-state index contributed by atoms with van der Waals surface area (Å²) in [5.74, 6) is -0.430. The van der Waals surface area contributed by atoms with Gasteiger partial charge in [0.25, 0.3) is 0 Å². The fourth-order valence-corrected chi connectivity index (χ4v) is 3.95. The van der Waals surface area contributed by atoms with Gasteiger partial charge in [-0.05, 0) is 71.4 Å². The van der Waals surface area contributed by atoms with Crippen molar-refractivity contribution in [1.82, 2.24) is 9.97 Å². The molecular formula is C22H28N2O2. The smallest absolute Gasteiger partial charge is 0.353 e. The number of fused-ring (bicyclic) bond motifs is 1. The summed E-state index contributed by atoms with van der Waals surface area (Å²) < 4.78 is 0. The van der Waals surface area contributed by atoms with Crippen molar-refractivity contribution >= 4 is 17.6 Å². The Morgan fingerprint density at radius 2 is 1.73 bits per heavy atom. The van der Waals surface area contributed by atoms with Crippen molar-refractivity contribution in [2.75, 3.05) is 0 Å². The van der Waals surface area contributed by atoms with Crippen molar-refractivity contribution in [1.29, 1.82) is 0 Å². The number of aryl methyl sites for hydroxylation is 1. The Labute approximate surface area is 155 Å². The number of hydrogen-bond donors (Lipinski definition) is 2. The molecule has 1 aliphatic carbocycles. The van der Waals surface area contributed by atoms with Gasteiger partial charge in [0.05, 0.1) is 6.20 Å². The minimum Gasteiger partial charge on any atom is -0.477 e. The van der Waals surface area contributed by atoms with Crippen LogP contribution in [-0.4, -0.2) is 21.0 Å². The van der Waals surface area contributed by atoms with E-state index in [0.717, 1.165) is 5.57 Å². The van der Waals surface area contributed by atoms with Crippen molar-refractivity contribution < 1.29 is 9.90 Å². The number of hydrogen-bond acceptors (Lipinski definition) is 2. The molecule has 0 aliphatic heterocycles. The summed E-state index contributed by atoms with van der Waals surface area (Å²) >= 11 is 0. The van der Waals surface area contributed by atoms with Crippen LogP contribution in [0.2, 0.25) is 0 Å². The van der Waals surface area contributed by atoms with E-state index in [2.05, 4.69) is 63.6 Å². The molecule has 1 heterocycles. The van der Waals surface area contributed by atoms with Gasteiger partial charge in [-0.3, -0.25) is 0 Å².